The first-order valence-electron chi connectivity index (χ1n) is 6.55. The summed E-state index contributed by atoms with van der Waals surface area (Å²) in [6.07, 6.45) is 3.62. The summed E-state index contributed by atoms with van der Waals surface area (Å²) in [5, 5.41) is 13.0. The molecule has 0 bridgehead atoms. The summed E-state index contributed by atoms with van der Waals surface area (Å²) < 4.78 is 0. The first kappa shape index (κ1) is 13.1. The van der Waals surface area contributed by atoms with Crippen molar-refractivity contribution in [1.29, 1.82) is 0 Å². The smallest absolute Gasteiger partial charge is 0.0474 e. The van der Waals surface area contributed by atoms with Crippen LogP contribution >= 0.6 is 11.3 Å². The Kier molecular flexibility index (Phi) is 4.23. The van der Waals surface area contributed by atoms with Gasteiger partial charge in [-0.3, -0.25) is 0 Å². The lowest BCUT2D eigenvalue weighted by Crippen LogP contribution is -2.35. The summed E-state index contributed by atoms with van der Waals surface area (Å²) in [6.45, 7) is 6.93. The minimum atomic E-state index is 0.325. The van der Waals surface area contributed by atoms with Crippen molar-refractivity contribution in [3.63, 3.8) is 0 Å². The van der Waals surface area contributed by atoms with Crippen LogP contribution in [0.3, 0.4) is 0 Å². The molecule has 3 atom stereocenters. The summed E-state index contributed by atoms with van der Waals surface area (Å²) in [5.74, 6) is 0.456. The lowest BCUT2D eigenvalue weighted by molar-refractivity contribution is 0.200. The van der Waals surface area contributed by atoms with Gasteiger partial charge in [0, 0.05) is 28.4 Å². The Balaban J connectivity index is 2.01. The fraction of sp³-hybridized carbons (Fsp3) is 0.714. The highest BCUT2D eigenvalue weighted by atomic mass is 32.1. The van der Waals surface area contributed by atoms with Gasteiger partial charge in [-0.2, -0.15) is 0 Å². The van der Waals surface area contributed by atoms with E-state index in [1.807, 2.05) is 11.3 Å². The first-order chi connectivity index (χ1) is 8.11. The summed E-state index contributed by atoms with van der Waals surface area (Å²) in [5.41, 5.74) is 1.43. The SMILES string of the molecule is Cc1cc(C(C)NC2CCCC2CO)c(C)s1. The fourth-order valence-corrected chi connectivity index (χ4v) is 3.99. The van der Waals surface area contributed by atoms with Crippen LogP contribution in [0.25, 0.3) is 0 Å². The molecule has 1 aliphatic carbocycles. The second-order valence-corrected chi connectivity index (χ2v) is 6.70. The predicted octanol–water partition coefficient (Wildman–Crippen LogP) is 3.18. The van der Waals surface area contributed by atoms with Gasteiger partial charge in [-0.1, -0.05) is 6.42 Å². The highest BCUT2D eigenvalue weighted by Crippen LogP contribution is 2.30. The van der Waals surface area contributed by atoms with Gasteiger partial charge < -0.3 is 10.4 Å². The number of rotatable bonds is 4. The molecule has 0 aliphatic heterocycles. The van der Waals surface area contributed by atoms with Gasteiger partial charge in [-0.05, 0) is 51.2 Å². The lowest BCUT2D eigenvalue weighted by Gasteiger charge is -2.24. The van der Waals surface area contributed by atoms with E-state index in [0.717, 1.165) is 0 Å². The maximum Gasteiger partial charge on any atom is 0.0474 e. The largest absolute Gasteiger partial charge is 0.396 e. The molecule has 0 amide bonds. The zero-order valence-electron chi connectivity index (χ0n) is 11.0. The number of nitrogens with one attached hydrogen (secondary N) is 1. The van der Waals surface area contributed by atoms with E-state index in [9.17, 15) is 5.11 Å². The number of hydrogen-bond acceptors (Lipinski definition) is 3. The van der Waals surface area contributed by atoms with Gasteiger partial charge >= 0.3 is 0 Å². The summed E-state index contributed by atoms with van der Waals surface area (Å²) in [7, 11) is 0. The Labute approximate surface area is 108 Å². The Hall–Kier alpha value is -0.380. The highest BCUT2D eigenvalue weighted by molar-refractivity contribution is 7.12. The monoisotopic (exact) mass is 253 g/mol. The average molecular weight is 253 g/mol. The van der Waals surface area contributed by atoms with Crippen LogP contribution in [-0.4, -0.2) is 17.8 Å². The molecule has 0 aromatic carbocycles. The Morgan fingerprint density at radius 1 is 1.47 bits per heavy atom. The molecule has 2 N–H and O–H groups in total. The molecule has 0 spiro atoms. The van der Waals surface area contributed by atoms with Crippen molar-refractivity contribution in [3.8, 4) is 0 Å². The van der Waals surface area contributed by atoms with E-state index in [1.165, 1.54) is 34.6 Å². The molecule has 2 nitrogen and oxygen atoms in total. The van der Waals surface area contributed by atoms with Crippen LogP contribution in [-0.2, 0) is 0 Å². The molecule has 1 saturated carbocycles. The van der Waals surface area contributed by atoms with Crippen LogP contribution in [0, 0.1) is 19.8 Å². The van der Waals surface area contributed by atoms with Crippen LogP contribution in [0.4, 0.5) is 0 Å². The zero-order valence-corrected chi connectivity index (χ0v) is 11.8. The lowest BCUT2D eigenvalue weighted by atomic mass is 10.0. The molecular weight excluding hydrogens is 230 g/mol. The maximum atomic E-state index is 9.34. The van der Waals surface area contributed by atoms with Crippen molar-refractivity contribution in [1.82, 2.24) is 5.32 Å². The molecule has 96 valence electrons. The number of aliphatic hydroxyl groups excluding tert-OH is 1. The van der Waals surface area contributed by atoms with E-state index in [1.54, 1.807) is 0 Å². The summed E-state index contributed by atoms with van der Waals surface area (Å²) in [4.78, 5) is 2.80. The van der Waals surface area contributed by atoms with Gasteiger partial charge in [0.25, 0.3) is 0 Å². The fourth-order valence-electron chi connectivity index (χ4n) is 2.97. The number of aryl methyl sites for hydroxylation is 2. The molecule has 1 aromatic rings. The molecule has 0 saturated heterocycles. The molecule has 2 rings (SSSR count). The molecule has 1 aliphatic rings. The topological polar surface area (TPSA) is 32.3 Å². The van der Waals surface area contributed by atoms with Crippen molar-refractivity contribution in [3.05, 3.63) is 21.4 Å². The van der Waals surface area contributed by atoms with Crippen LogP contribution in [0.5, 0.6) is 0 Å². The molecule has 3 heteroatoms. The standard InChI is InChI=1S/C14H23NOS/c1-9-7-13(11(3)17-9)10(2)15-14-6-4-5-12(14)8-16/h7,10,12,14-16H,4-6,8H2,1-3H3. The molecule has 3 unspecified atom stereocenters. The van der Waals surface area contributed by atoms with Gasteiger partial charge in [-0.25, -0.2) is 0 Å². The molecule has 1 fully saturated rings. The molecule has 0 radical (unpaired) electrons. The Morgan fingerprint density at radius 3 is 2.82 bits per heavy atom. The van der Waals surface area contributed by atoms with Crippen molar-refractivity contribution >= 4 is 11.3 Å². The van der Waals surface area contributed by atoms with Crippen LogP contribution < -0.4 is 5.32 Å². The zero-order chi connectivity index (χ0) is 12.4. The number of aliphatic hydroxyl groups is 1. The van der Waals surface area contributed by atoms with Gasteiger partial charge in [0.2, 0.25) is 0 Å². The third-order valence-corrected chi connectivity index (χ3v) is 4.89. The summed E-state index contributed by atoms with van der Waals surface area (Å²) >= 11 is 1.87. The van der Waals surface area contributed by atoms with Crippen LogP contribution in [0.2, 0.25) is 0 Å². The van der Waals surface area contributed by atoms with Crippen molar-refractivity contribution < 1.29 is 5.11 Å². The molecule has 1 heterocycles. The van der Waals surface area contributed by atoms with Crippen molar-refractivity contribution in [2.24, 2.45) is 5.92 Å². The van der Waals surface area contributed by atoms with Gasteiger partial charge in [0.15, 0.2) is 0 Å². The molecule has 17 heavy (non-hydrogen) atoms. The van der Waals surface area contributed by atoms with Crippen LogP contribution in [0.15, 0.2) is 6.07 Å². The molecular formula is C14H23NOS. The second kappa shape index (κ2) is 5.51. The van der Waals surface area contributed by atoms with Gasteiger partial charge in [0.1, 0.15) is 0 Å². The van der Waals surface area contributed by atoms with E-state index in [2.05, 4.69) is 32.2 Å². The quantitative estimate of drug-likeness (QED) is 0.864. The third kappa shape index (κ3) is 2.90. The van der Waals surface area contributed by atoms with E-state index in [0.29, 0.717) is 24.6 Å². The van der Waals surface area contributed by atoms with Crippen molar-refractivity contribution in [2.45, 2.75) is 52.1 Å². The third-order valence-electron chi connectivity index (χ3n) is 3.90. The number of thiophene rings is 1. The maximum absolute atomic E-state index is 9.34. The second-order valence-electron chi connectivity index (χ2n) is 5.24. The molecule has 1 aromatic heterocycles. The van der Waals surface area contributed by atoms with Gasteiger partial charge in [-0.15, -0.1) is 11.3 Å². The minimum Gasteiger partial charge on any atom is -0.396 e. The highest BCUT2D eigenvalue weighted by Gasteiger charge is 2.28. The minimum absolute atomic E-state index is 0.325. The average Bonchev–Trinajstić information content (AvgIpc) is 2.84. The van der Waals surface area contributed by atoms with E-state index in [-0.39, 0.29) is 0 Å². The Bertz CT molecular complexity index is 374. The van der Waals surface area contributed by atoms with Gasteiger partial charge in [0.05, 0.1) is 0 Å². The van der Waals surface area contributed by atoms with E-state index in [4.69, 9.17) is 0 Å². The van der Waals surface area contributed by atoms with Crippen molar-refractivity contribution in [2.75, 3.05) is 6.61 Å². The van der Waals surface area contributed by atoms with Crippen LogP contribution in [0.1, 0.15) is 47.5 Å². The van der Waals surface area contributed by atoms with E-state index >= 15 is 0 Å². The normalized spacial score (nSPS) is 26.4. The first-order valence-corrected chi connectivity index (χ1v) is 7.37. The number of hydrogen-bond donors (Lipinski definition) is 2. The summed E-state index contributed by atoms with van der Waals surface area (Å²) in [6, 6.07) is 3.19. The van der Waals surface area contributed by atoms with E-state index < -0.39 is 0 Å². The predicted molar refractivity (Wildman–Crippen MR) is 73.6 cm³/mol. The Morgan fingerprint density at radius 2 is 2.24 bits per heavy atom.